The van der Waals surface area contributed by atoms with E-state index in [1.807, 2.05) is 18.5 Å². The Morgan fingerprint density at radius 1 is 1.39 bits per heavy atom. The Morgan fingerprint density at radius 3 is 2.91 bits per heavy atom. The van der Waals surface area contributed by atoms with E-state index in [-0.39, 0.29) is 17.9 Å². The summed E-state index contributed by atoms with van der Waals surface area (Å²) in [4.78, 5) is 8.34. The van der Waals surface area contributed by atoms with Crippen LogP contribution in [0.15, 0.2) is 12.7 Å². The third kappa shape index (κ3) is 3.12. The third-order valence-electron chi connectivity index (χ3n) is 4.49. The predicted octanol–water partition coefficient (Wildman–Crippen LogP) is 0.889. The summed E-state index contributed by atoms with van der Waals surface area (Å²) in [5.41, 5.74) is 0.786. The molecule has 2 N–H and O–H groups in total. The molecule has 8 heteroatoms. The van der Waals surface area contributed by atoms with Gasteiger partial charge in [-0.2, -0.15) is 0 Å². The zero-order valence-electron chi connectivity index (χ0n) is 13.6. The fourth-order valence-electron chi connectivity index (χ4n) is 3.25. The number of aromatic nitrogens is 5. The molecule has 0 amide bonds. The lowest BCUT2D eigenvalue weighted by atomic mass is 10.0. The van der Waals surface area contributed by atoms with Gasteiger partial charge in [0.15, 0.2) is 11.6 Å². The minimum absolute atomic E-state index is 0.136. The van der Waals surface area contributed by atoms with Crippen LogP contribution in [0, 0.1) is 12.8 Å². The Hall–Kier alpha value is -2.22. The number of anilines is 1. The minimum atomic E-state index is -0.363. The number of nitrogens with zero attached hydrogens (tertiary/aromatic N) is 5. The molecule has 2 aromatic rings. The molecule has 1 aliphatic rings. The Kier molecular flexibility index (Phi) is 4.42. The second-order valence-corrected chi connectivity index (χ2v) is 6.02. The van der Waals surface area contributed by atoms with Gasteiger partial charge in [-0.25, -0.2) is 9.97 Å². The van der Waals surface area contributed by atoms with Gasteiger partial charge in [-0.15, -0.1) is 10.2 Å². The van der Waals surface area contributed by atoms with E-state index in [4.69, 9.17) is 4.74 Å². The SMILES string of the molecule is COc1c(C)ncnc1NC[C@H]1C[C@H](c2nncn2C)C[C@H]1O. The molecule has 0 unspecified atom stereocenters. The van der Waals surface area contributed by atoms with Crippen molar-refractivity contribution >= 4 is 5.82 Å². The van der Waals surface area contributed by atoms with Gasteiger partial charge in [-0.05, 0) is 19.8 Å². The highest BCUT2D eigenvalue weighted by molar-refractivity contribution is 5.51. The Balaban J connectivity index is 1.65. The summed E-state index contributed by atoms with van der Waals surface area (Å²) in [5, 5.41) is 21.7. The summed E-state index contributed by atoms with van der Waals surface area (Å²) in [7, 11) is 3.53. The summed E-state index contributed by atoms with van der Waals surface area (Å²) in [6.07, 6.45) is 4.42. The molecule has 0 aliphatic heterocycles. The van der Waals surface area contributed by atoms with E-state index in [0.29, 0.717) is 24.5 Å². The summed E-state index contributed by atoms with van der Waals surface area (Å²) in [5.74, 6) is 2.61. The Labute approximate surface area is 134 Å². The normalized spacial score (nSPS) is 23.9. The van der Waals surface area contributed by atoms with Crippen LogP contribution in [0.1, 0.15) is 30.3 Å². The molecule has 1 fully saturated rings. The fraction of sp³-hybridized carbons (Fsp3) is 0.600. The lowest BCUT2D eigenvalue weighted by Gasteiger charge is -2.17. The van der Waals surface area contributed by atoms with Crippen LogP contribution in [0.25, 0.3) is 0 Å². The van der Waals surface area contributed by atoms with Crippen molar-refractivity contribution in [2.45, 2.75) is 31.8 Å². The van der Waals surface area contributed by atoms with Crippen molar-refractivity contribution in [3.63, 3.8) is 0 Å². The molecule has 8 nitrogen and oxygen atoms in total. The van der Waals surface area contributed by atoms with E-state index in [0.717, 1.165) is 17.9 Å². The monoisotopic (exact) mass is 318 g/mol. The standard InChI is InChI=1S/C15H22N6O2/c1-9-13(23-3)14(18-7-17-9)16-6-11-4-10(5-12(11)22)15-20-19-8-21(15)2/h7-8,10-12,22H,4-6H2,1-3H3,(H,16,17,18)/t10-,11+,12+/m0/s1. The van der Waals surface area contributed by atoms with Crippen molar-refractivity contribution in [3.8, 4) is 5.75 Å². The van der Waals surface area contributed by atoms with E-state index < -0.39 is 0 Å². The van der Waals surface area contributed by atoms with Gasteiger partial charge < -0.3 is 19.7 Å². The van der Waals surface area contributed by atoms with Crippen molar-refractivity contribution in [1.82, 2.24) is 24.7 Å². The average Bonchev–Trinajstić information content (AvgIpc) is 3.11. The number of aliphatic hydroxyl groups excluding tert-OH is 1. The van der Waals surface area contributed by atoms with Crippen molar-refractivity contribution in [1.29, 1.82) is 0 Å². The van der Waals surface area contributed by atoms with Crippen molar-refractivity contribution in [3.05, 3.63) is 24.2 Å². The number of aryl methyl sites for hydroxylation is 2. The summed E-state index contributed by atoms with van der Waals surface area (Å²) >= 11 is 0. The van der Waals surface area contributed by atoms with E-state index in [1.165, 1.54) is 6.33 Å². The first-order valence-corrected chi connectivity index (χ1v) is 7.71. The molecule has 2 heterocycles. The lowest BCUT2D eigenvalue weighted by molar-refractivity contribution is 0.137. The highest BCUT2D eigenvalue weighted by atomic mass is 16.5. The molecule has 2 aromatic heterocycles. The smallest absolute Gasteiger partial charge is 0.182 e. The van der Waals surface area contributed by atoms with Gasteiger partial charge in [0.05, 0.1) is 18.9 Å². The topological polar surface area (TPSA) is 98.0 Å². The molecule has 3 atom stereocenters. The lowest BCUT2D eigenvalue weighted by Crippen LogP contribution is -2.22. The van der Waals surface area contributed by atoms with Crippen LogP contribution in [-0.4, -0.2) is 49.6 Å². The summed E-state index contributed by atoms with van der Waals surface area (Å²) in [6, 6.07) is 0. The maximum absolute atomic E-state index is 10.3. The summed E-state index contributed by atoms with van der Waals surface area (Å²) in [6.45, 7) is 2.50. The number of rotatable bonds is 5. The molecule has 0 aromatic carbocycles. The highest BCUT2D eigenvalue weighted by Gasteiger charge is 2.35. The van der Waals surface area contributed by atoms with Crippen LogP contribution in [-0.2, 0) is 7.05 Å². The Bertz CT molecular complexity index is 674. The molecule has 23 heavy (non-hydrogen) atoms. The molecule has 3 rings (SSSR count). The van der Waals surface area contributed by atoms with Gasteiger partial charge in [0.2, 0.25) is 0 Å². The molecule has 124 valence electrons. The van der Waals surface area contributed by atoms with Crippen molar-refractivity contribution < 1.29 is 9.84 Å². The largest absolute Gasteiger partial charge is 0.491 e. The molecule has 1 aliphatic carbocycles. The molecule has 0 bridgehead atoms. The van der Waals surface area contributed by atoms with Gasteiger partial charge in [0.25, 0.3) is 0 Å². The maximum atomic E-state index is 10.3. The molecular weight excluding hydrogens is 296 g/mol. The van der Waals surface area contributed by atoms with Crippen LogP contribution in [0.5, 0.6) is 5.75 Å². The zero-order valence-corrected chi connectivity index (χ0v) is 13.6. The van der Waals surface area contributed by atoms with Gasteiger partial charge in [-0.3, -0.25) is 0 Å². The Morgan fingerprint density at radius 2 is 2.22 bits per heavy atom. The first-order valence-electron chi connectivity index (χ1n) is 7.71. The zero-order chi connectivity index (χ0) is 16.4. The van der Waals surface area contributed by atoms with Gasteiger partial charge in [0, 0.05) is 25.4 Å². The number of methoxy groups -OCH3 is 1. The number of hydrogen-bond acceptors (Lipinski definition) is 7. The maximum Gasteiger partial charge on any atom is 0.182 e. The number of hydrogen-bond donors (Lipinski definition) is 2. The van der Waals surface area contributed by atoms with Gasteiger partial charge in [0.1, 0.15) is 18.5 Å². The van der Waals surface area contributed by atoms with Gasteiger partial charge >= 0.3 is 0 Å². The molecule has 0 spiro atoms. The highest BCUT2D eigenvalue weighted by Crippen LogP contribution is 2.38. The first-order chi connectivity index (χ1) is 11.1. The van der Waals surface area contributed by atoms with Crippen LogP contribution in [0.4, 0.5) is 5.82 Å². The number of ether oxygens (including phenoxy) is 1. The third-order valence-corrected chi connectivity index (χ3v) is 4.49. The van der Waals surface area contributed by atoms with E-state index in [1.54, 1.807) is 13.4 Å². The average molecular weight is 318 g/mol. The molecule has 0 saturated heterocycles. The summed E-state index contributed by atoms with van der Waals surface area (Å²) < 4.78 is 7.26. The van der Waals surface area contributed by atoms with Crippen LogP contribution >= 0.6 is 0 Å². The van der Waals surface area contributed by atoms with Crippen LogP contribution in [0.2, 0.25) is 0 Å². The van der Waals surface area contributed by atoms with E-state index in [2.05, 4.69) is 25.5 Å². The minimum Gasteiger partial charge on any atom is -0.491 e. The molecule has 1 saturated carbocycles. The second kappa shape index (κ2) is 6.49. The second-order valence-electron chi connectivity index (χ2n) is 6.02. The first kappa shape index (κ1) is 15.7. The van der Waals surface area contributed by atoms with Crippen LogP contribution < -0.4 is 10.1 Å². The van der Waals surface area contributed by atoms with E-state index in [9.17, 15) is 5.11 Å². The van der Waals surface area contributed by atoms with Crippen LogP contribution in [0.3, 0.4) is 0 Å². The van der Waals surface area contributed by atoms with Crippen molar-refractivity contribution in [2.75, 3.05) is 19.0 Å². The number of aliphatic hydroxyl groups is 1. The quantitative estimate of drug-likeness (QED) is 0.844. The molecule has 0 radical (unpaired) electrons. The fourth-order valence-corrected chi connectivity index (χ4v) is 3.25. The van der Waals surface area contributed by atoms with E-state index >= 15 is 0 Å². The number of nitrogens with one attached hydrogen (secondary N) is 1. The predicted molar refractivity (Wildman–Crippen MR) is 84.3 cm³/mol. The molecular formula is C15H22N6O2. The van der Waals surface area contributed by atoms with Crippen molar-refractivity contribution in [2.24, 2.45) is 13.0 Å². The van der Waals surface area contributed by atoms with Gasteiger partial charge in [-0.1, -0.05) is 0 Å².